The number of nitrogens with zero attached hydrogens (tertiary/aromatic N) is 3. The van der Waals surface area contributed by atoms with Gasteiger partial charge in [-0.3, -0.25) is 4.79 Å². The van der Waals surface area contributed by atoms with E-state index in [2.05, 4.69) is 57.3 Å². The number of amides is 1. The van der Waals surface area contributed by atoms with Gasteiger partial charge in [-0.2, -0.15) is 0 Å². The Bertz CT molecular complexity index is 914. The molecule has 1 aromatic carbocycles. The van der Waals surface area contributed by atoms with Crippen LogP contribution in [0.2, 0.25) is 0 Å². The van der Waals surface area contributed by atoms with E-state index in [1.165, 1.54) is 30.2 Å². The molecule has 4 rings (SSSR count). The van der Waals surface area contributed by atoms with E-state index >= 15 is 0 Å². The number of aryl methyl sites for hydroxylation is 2. The van der Waals surface area contributed by atoms with Crippen molar-refractivity contribution in [1.29, 1.82) is 0 Å². The fourth-order valence-electron chi connectivity index (χ4n) is 3.07. The first-order chi connectivity index (χ1) is 13.1. The van der Waals surface area contributed by atoms with E-state index in [-0.39, 0.29) is 11.9 Å². The number of thioether (sulfide) groups is 1. The molecule has 140 valence electrons. The number of aromatic nitrogens is 3. The summed E-state index contributed by atoms with van der Waals surface area (Å²) >= 11 is 3.12. The van der Waals surface area contributed by atoms with Gasteiger partial charge < -0.3 is 9.88 Å². The molecule has 1 atom stereocenters. The Morgan fingerprint density at radius 3 is 2.70 bits per heavy atom. The molecule has 0 aliphatic heterocycles. The molecule has 1 N–H and O–H groups in total. The Kier molecular flexibility index (Phi) is 5.31. The first-order valence-electron chi connectivity index (χ1n) is 9.05. The van der Waals surface area contributed by atoms with Crippen molar-refractivity contribution in [3.8, 4) is 0 Å². The minimum absolute atomic E-state index is 0.00183. The smallest absolute Gasteiger partial charge is 0.231 e. The van der Waals surface area contributed by atoms with E-state index in [9.17, 15) is 4.79 Å². The van der Waals surface area contributed by atoms with Crippen molar-refractivity contribution in [2.24, 2.45) is 0 Å². The molecule has 1 unspecified atom stereocenters. The van der Waals surface area contributed by atoms with Gasteiger partial charge in [-0.1, -0.05) is 47.7 Å². The van der Waals surface area contributed by atoms with Gasteiger partial charge in [0.05, 0.1) is 11.8 Å². The fraction of sp³-hybridized carbons (Fsp3) is 0.350. The monoisotopic (exact) mass is 398 g/mol. The third-order valence-electron chi connectivity index (χ3n) is 4.62. The second kappa shape index (κ2) is 7.86. The van der Waals surface area contributed by atoms with Crippen LogP contribution in [-0.4, -0.2) is 26.4 Å². The van der Waals surface area contributed by atoms with Gasteiger partial charge >= 0.3 is 0 Å². The van der Waals surface area contributed by atoms with Crippen molar-refractivity contribution in [2.75, 3.05) is 5.75 Å². The minimum atomic E-state index is -0.123. The molecule has 3 aromatic rings. The van der Waals surface area contributed by atoms with Crippen molar-refractivity contribution in [3.05, 3.63) is 63.6 Å². The maximum absolute atomic E-state index is 12.7. The third-order valence-corrected chi connectivity index (χ3v) is 6.50. The van der Waals surface area contributed by atoms with E-state index in [4.69, 9.17) is 0 Å². The summed E-state index contributed by atoms with van der Waals surface area (Å²) < 4.78 is 2.16. The largest absolute Gasteiger partial charge is 0.344 e. The average Bonchev–Trinajstić information content (AvgIpc) is 3.21. The minimum Gasteiger partial charge on any atom is -0.344 e. The van der Waals surface area contributed by atoms with Crippen molar-refractivity contribution in [3.63, 3.8) is 0 Å². The molecule has 1 saturated carbocycles. The molecule has 27 heavy (non-hydrogen) atoms. The number of hydrogen-bond donors (Lipinski definition) is 1. The molecule has 1 amide bonds. The Balaban J connectivity index is 1.45. The summed E-state index contributed by atoms with van der Waals surface area (Å²) in [5, 5.41) is 14.5. The Morgan fingerprint density at radius 1 is 1.26 bits per heavy atom. The summed E-state index contributed by atoms with van der Waals surface area (Å²) in [6, 6.07) is 12.8. The topological polar surface area (TPSA) is 59.8 Å². The molecule has 2 aromatic heterocycles. The van der Waals surface area contributed by atoms with Gasteiger partial charge in [-0.25, -0.2) is 0 Å². The van der Waals surface area contributed by atoms with Crippen LogP contribution in [-0.2, 0) is 4.79 Å². The van der Waals surface area contributed by atoms with Crippen LogP contribution < -0.4 is 5.32 Å². The number of carbonyl (C=O) groups is 1. The summed E-state index contributed by atoms with van der Waals surface area (Å²) in [6.45, 7) is 4.04. The number of carbonyl (C=O) groups excluding carboxylic acids is 1. The van der Waals surface area contributed by atoms with Crippen molar-refractivity contribution >= 4 is 29.0 Å². The highest BCUT2D eigenvalue weighted by atomic mass is 32.2. The summed E-state index contributed by atoms with van der Waals surface area (Å²) in [5.74, 6) is 1.26. The second-order valence-electron chi connectivity index (χ2n) is 6.85. The van der Waals surface area contributed by atoms with Crippen LogP contribution in [0.4, 0.5) is 0 Å². The molecule has 0 spiro atoms. The highest BCUT2D eigenvalue weighted by Gasteiger charge is 2.28. The molecule has 5 nitrogen and oxygen atoms in total. The van der Waals surface area contributed by atoms with Crippen molar-refractivity contribution < 1.29 is 4.79 Å². The standard InChI is InChI=1S/C20H22N4OS2/c1-13-5-7-15(8-6-13)19(17-4-3-11-26-17)21-18(25)12-27-20-23-22-14(2)24(20)16-9-10-16/h3-8,11,16,19H,9-10,12H2,1-2H3,(H,21,25). The predicted octanol–water partition coefficient (Wildman–Crippen LogP) is 4.29. The molecule has 0 saturated heterocycles. The van der Waals surface area contributed by atoms with E-state index < -0.39 is 0 Å². The summed E-state index contributed by atoms with van der Waals surface area (Å²) in [7, 11) is 0. The average molecular weight is 399 g/mol. The van der Waals surface area contributed by atoms with Crippen molar-refractivity contribution in [1.82, 2.24) is 20.1 Å². The Hall–Kier alpha value is -2.12. The number of hydrogen-bond acceptors (Lipinski definition) is 5. The van der Waals surface area contributed by atoms with Crippen LogP contribution in [0, 0.1) is 13.8 Å². The van der Waals surface area contributed by atoms with E-state index in [0.29, 0.717) is 11.8 Å². The number of thiophene rings is 1. The number of nitrogens with one attached hydrogen (secondary N) is 1. The fourth-order valence-corrected chi connectivity index (χ4v) is 4.73. The molecule has 1 aliphatic carbocycles. The van der Waals surface area contributed by atoms with Crippen LogP contribution in [0.1, 0.15) is 46.8 Å². The van der Waals surface area contributed by atoms with E-state index in [1.807, 2.05) is 18.4 Å². The number of benzene rings is 1. The maximum atomic E-state index is 12.7. The number of rotatable bonds is 7. The van der Waals surface area contributed by atoms with Crippen LogP contribution in [0.3, 0.4) is 0 Å². The normalized spacial score (nSPS) is 14.9. The quantitative estimate of drug-likeness (QED) is 0.603. The Labute approximate surface area is 167 Å². The third kappa shape index (κ3) is 4.25. The van der Waals surface area contributed by atoms with Gasteiger partial charge in [0.25, 0.3) is 0 Å². The molecule has 2 heterocycles. The van der Waals surface area contributed by atoms with Gasteiger partial charge in [0.15, 0.2) is 5.16 Å². The van der Waals surface area contributed by atoms with Crippen LogP contribution >= 0.6 is 23.1 Å². The molecule has 7 heteroatoms. The van der Waals surface area contributed by atoms with E-state index in [0.717, 1.165) is 21.4 Å². The second-order valence-corrected chi connectivity index (χ2v) is 8.77. The van der Waals surface area contributed by atoms with Gasteiger partial charge in [-0.05, 0) is 43.7 Å². The molecular formula is C20H22N4OS2. The van der Waals surface area contributed by atoms with Crippen LogP contribution in [0.25, 0.3) is 0 Å². The summed E-state index contributed by atoms with van der Waals surface area (Å²) in [4.78, 5) is 13.8. The lowest BCUT2D eigenvalue weighted by Gasteiger charge is -2.18. The molecule has 1 fully saturated rings. The summed E-state index contributed by atoms with van der Waals surface area (Å²) in [5.41, 5.74) is 2.30. The maximum Gasteiger partial charge on any atom is 0.231 e. The highest BCUT2D eigenvalue weighted by Crippen LogP contribution is 2.38. The van der Waals surface area contributed by atoms with Gasteiger partial charge in [0.2, 0.25) is 5.91 Å². The molecular weight excluding hydrogens is 376 g/mol. The van der Waals surface area contributed by atoms with Gasteiger partial charge in [-0.15, -0.1) is 21.5 Å². The van der Waals surface area contributed by atoms with Crippen LogP contribution in [0.5, 0.6) is 0 Å². The lowest BCUT2D eigenvalue weighted by Crippen LogP contribution is -2.30. The lowest BCUT2D eigenvalue weighted by molar-refractivity contribution is -0.119. The van der Waals surface area contributed by atoms with Gasteiger partial charge in [0, 0.05) is 10.9 Å². The zero-order valence-corrected chi connectivity index (χ0v) is 17.0. The predicted molar refractivity (Wildman–Crippen MR) is 109 cm³/mol. The molecule has 0 bridgehead atoms. The zero-order valence-electron chi connectivity index (χ0n) is 15.4. The Morgan fingerprint density at radius 2 is 2.04 bits per heavy atom. The zero-order chi connectivity index (χ0) is 18.8. The van der Waals surface area contributed by atoms with Crippen LogP contribution in [0.15, 0.2) is 46.9 Å². The SMILES string of the molecule is Cc1ccc(C(NC(=O)CSc2nnc(C)n2C2CC2)c2cccs2)cc1. The van der Waals surface area contributed by atoms with Crippen molar-refractivity contribution in [2.45, 2.75) is 43.9 Å². The summed E-state index contributed by atoms with van der Waals surface area (Å²) in [6.07, 6.45) is 2.35. The van der Waals surface area contributed by atoms with Gasteiger partial charge in [0.1, 0.15) is 5.82 Å². The highest BCUT2D eigenvalue weighted by molar-refractivity contribution is 7.99. The first-order valence-corrected chi connectivity index (χ1v) is 10.9. The van der Waals surface area contributed by atoms with E-state index in [1.54, 1.807) is 11.3 Å². The molecule has 1 aliphatic rings. The first kappa shape index (κ1) is 18.3. The molecule has 0 radical (unpaired) electrons. The lowest BCUT2D eigenvalue weighted by atomic mass is 10.0.